The van der Waals surface area contributed by atoms with E-state index in [2.05, 4.69) is 15.5 Å². The van der Waals surface area contributed by atoms with E-state index >= 15 is 0 Å². The lowest BCUT2D eigenvalue weighted by Gasteiger charge is -2.07. The molecule has 0 atom stereocenters. The maximum Gasteiger partial charge on any atom is 0.277 e. The molecule has 2 aromatic carbocycles. The molecule has 0 spiro atoms. The summed E-state index contributed by atoms with van der Waals surface area (Å²) in [5, 5.41) is 11.4. The maximum atomic E-state index is 13.2. The van der Waals surface area contributed by atoms with Crippen molar-refractivity contribution >= 4 is 35.0 Å². The average molecular weight is 378 g/mol. The van der Waals surface area contributed by atoms with Gasteiger partial charge in [0.2, 0.25) is 11.8 Å². The molecule has 1 amide bonds. The van der Waals surface area contributed by atoms with Crippen LogP contribution in [0.5, 0.6) is 0 Å². The number of aromatic nitrogens is 2. The van der Waals surface area contributed by atoms with Crippen LogP contribution in [0.15, 0.2) is 52.1 Å². The molecule has 0 radical (unpaired) electrons. The zero-order valence-electron chi connectivity index (χ0n) is 13.1. The highest BCUT2D eigenvalue weighted by Crippen LogP contribution is 2.24. The summed E-state index contributed by atoms with van der Waals surface area (Å²) in [7, 11) is 0. The number of benzene rings is 2. The largest absolute Gasteiger partial charge is 0.411 e. The van der Waals surface area contributed by atoms with Crippen LogP contribution in [0.1, 0.15) is 5.56 Å². The fourth-order valence-corrected chi connectivity index (χ4v) is 2.71. The zero-order valence-corrected chi connectivity index (χ0v) is 14.7. The molecule has 0 bridgehead atoms. The number of thioether (sulfide) groups is 1. The summed E-state index contributed by atoms with van der Waals surface area (Å²) in [6, 6.07) is 11.2. The molecule has 1 aromatic heterocycles. The first-order valence-corrected chi connectivity index (χ1v) is 8.66. The number of carbonyl (C=O) groups is 1. The number of hydrogen-bond acceptors (Lipinski definition) is 5. The third-order valence-electron chi connectivity index (χ3n) is 3.30. The molecule has 0 saturated heterocycles. The fraction of sp³-hybridized carbons (Fsp3) is 0.118. The minimum Gasteiger partial charge on any atom is -0.411 e. The van der Waals surface area contributed by atoms with Crippen molar-refractivity contribution < 1.29 is 13.6 Å². The van der Waals surface area contributed by atoms with Gasteiger partial charge in [-0.2, -0.15) is 0 Å². The van der Waals surface area contributed by atoms with E-state index < -0.39 is 5.82 Å². The third-order valence-corrected chi connectivity index (χ3v) is 4.37. The molecule has 0 fully saturated rings. The Morgan fingerprint density at radius 2 is 2.00 bits per heavy atom. The van der Waals surface area contributed by atoms with E-state index in [1.165, 1.54) is 12.1 Å². The monoisotopic (exact) mass is 377 g/mol. The van der Waals surface area contributed by atoms with Crippen molar-refractivity contribution in [1.29, 1.82) is 0 Å². The Morgan fingerprint density at radius 3 is 2.76 bits per heavy atom. The highest BCUT2D eigenvalue weighted by molar-refractivity contribution is 7.99. The van der Waals surface area contributed by atoms with Gasteiger partial charge >= 0.3 is 0 Å². The van der Waals surface area contributed by atoms with Crippen molar-refractivity contribution in [1.82, 2.24) is 10.2 Å². The predicted molar refractivity (Wildman–Crippen MR) is 95.2 cm³/mol. The number of carbonyl (C=O) groups excluding carboxylic acids is 1. The SMILES string of the molecule is Cc1ccc(F)cc1NC(=O)CSc1nnc(-c2ccc(Cl)cc2)o1. The lowest BCUT2D eigenvalue weighted by Crippen LogP contribution is -2.15. The number of halogens is 2. The van der Waals surface area contributed by atoms with Gasteiger partial charge in [-0.3, -0.25) is 4.79 Å². The molecular weight excluding hydrogens is 365 g/mol. The Labute approximate surface area is 152 Å². The van der Waals surface area contributed by atoms with E-state index in [-0.39, 0.29) is 16.9 Å². The van der Waals surface area contributed by atoms with E-state index in [4.69, 9.17) is 16.0 Å². The number of aryl methyl sites for hydroxylation is 1. The van der Waals surface area contributed by atoms with Gasteiger partial charge in [0.05, 0.1) is 5.75 Å². The van der Waals surface area contributed by atoms with Crippen molar-refractivity contribution in [2.75, 3.05) is 11.1 Å². The van der Waals surface area contributed by atoms with Crippen molar-refractivity contribution in [3.05, 3.63) is 58.9 Å². The van der Waals surface area contributed by atoms with Crippen LogP contribution in [-0.2, 0) is 4.79 Å². The molecule has 128 valence electrons. The Kier molecular flexibility index (Phi) is 5.35. The number of amides is 1. The molecule has 3 rings (SSSR count). The van der Waals surface area contributed by atoms with Gasteiger partial charge in [-0.15, -0.1) is 10.2 Å². The fourth-order valence-electron chi connectivity index (χ4n) is 2.02. The van der Waals surface area contributed by atoms with Gasteiger partial charge in [-0.1, -0.05) is 29.4 Å². The topological polar surface area (TPSA) is 68.0 Å². The standard InChI is InChI=1S/C17H13ClFN3O2S/c1-10-2-7-13(19)8-14(10)20-15(23)9-25-17-22-21-16(24-17)11-3-5-12(18)6-4-11/h2-8H,9H2,1H3,(H,20,23). The van der Waals surface area contributed by atoms with Gasteiger partial charge < -0.3 is 9.73 Å². The molecule has 0 aliphatic rings. The Balaban J connectivity index is 1.59. The van der Waals surface area contributed by atoms with Crippen LogP contribution >= 0.6 is 23.4 Å². The van der Waals surface area contributed by atoms with Crippen molar-refractivity contribution in [3.63, 3.8) is 0 Å². The highest BCUT2D eigenvalue weighted by Gasteiger charge is 2.12. The summed E-state index contributed by atoms with van der Waals surface area (Å²) in [5.74, 6) is -0.276. The lowest BCUT2D eigenvalue weighted by molar-refractivity contribution is -0.113. The molecule has 1 heterocycles. The molecular formula is C17H13ClFN3O2S. The molecule has 0 aliphatic carbocycles. The van der Waals surface area contributed by atoms with E-state index in [9.17, 15) is 9.18 Å². The molecule has 0 saturated carbocycles. The second kappa shape index (κ2) is 7.67. The zero-order chi connectivity index (χ0) is 17.8. The molecule has 8 heteroatoms. The summed E-state index contributed by atoms with van der Waals surface area (Å²) < 4.78 is 18.7. The quantitative estimate of drug-likeness (QED) is 0.660. The Morgan fingerprint density at radius 1 is 1.24 bits per heavy atom. The van der Waals surface area contributed by atoms with Gasteiger partial charge in [0.25, 0.3) is 5.22 Å². The first-order chi connectivity index (χ1) is 12.0. The first kappa shape index (κ1) is 17.4. The third kappa shape index (κ3) is 4.58. The van der Waals surface area contributed by atoms with Crippen LogP contribution in [-0.4, -0.2) is 21.9 Å². The Hall–Kier alpha value is -2.38. The van der Waals surface area contributed by atoms with Crippen LogP contribution in [0.25, 0.3) is 11.5 Å². The average Bonchev–Trinajstić information content (AvgIpc) is 3.06. The summed E-state index contributed by atoms with van der Waals surface area (Å²) in [6.45, 7) is 1.79. The van der Waals surface area contributed by atoms with E-state index in [0.717, 1.165) is 22.9 Å². The second-order valence-corrected chi connectivity index (χ2v) is 6.54. The summed E-state index contributed by atoms with van der Waals surface area (Å²) >= 11 is 6.94. The van der Waals surface area contributed by atoms with E-state index in [0.29, 0.717) is 16.6 Å². The maximum absolute atomic E-state index is 13.2. The summed E-state index contributed by atoms with van der Waals surface area (Å²) in [4.78, 5) is 12.0. The molecule has 3 aromatic rings. The van der Waals surface area contributed by atoms with Gasteiger partial charge in [0.15, 0.2) is 0 Å². The minimum atomic E-state index is -0.405. The summed E-state index contributed by atoms with van der Waals surface area (Å²) in [5.41, 5.74) is 1.96. The number of hydrogen-bond donors (Lipinski definition) is 1. The van der Waals surface area contributed by atoms with Crippen LogP contribution in [0.3, 0.4) is 0 Å². The van der Waals surface area contributed by atoms with Crippen LogP contribution in [0, 0.1) is 12.7 Å². The van der Waals surface area contributed by atoms with Crippen molar-refractivity contribution in [2.45, 2.75) is 12.1 Å². The van der Waals surface area contributed by atoms with Crippen LogP contribution < -0.4 is 5.32 Å². The van der Waals surface area contributed by atoms with E-state index in [1.54, 1.807) is 37.3 Å². The minimum absolute atomic E-state index is 0.0677. The van der Waals surface area contributed by atoms with Crippen molar-refractivity contribution in [3.8, 4) is 11.5 Å². The van der Waals surface area contributed by atoms with Gasteiger partial charge in [-0.25, -0.2) is 4.39 Å². The highest BCUT2D eigenvalue weighted by atomic mass is 35.5. The molecule has 0 unspecified atom stereocenters. The molecule has 1 N–H and O–H groups in total. The first-order valence-electron chi connectivity index (χ1n) is 7.29. The normalized spacial score (nSPS) is 10.7. The smallest absolute Gasteiger partial charge is 0.277 e. The number of nitrogens with one attached hydrogen (secondary N) is 1. The van der Waals surface area contributed by atoms with Crippen LogP contribution in [0.4, 0.5) is 10.1 Å². The predicted octanol–water partition coefficient (Wildman–Crippen LogP) is 4.57. The van der Waals surface area contributed by atoms with Crippen LogP contribution in [0.2, 0.25) is 5.02 Å². The summed E-state index contributed by atoms with van der Waals surface area (Å²) in [6.07, 6.45) is 0. The molecule has 0 aliphatic heterocycles. The number of nitrogens with zero attached hydrogens (tertiary/aromatic N) is 2. The molecule has 5 nitrogen and oxygen atoms in total. The van der Waals surface area contributed by atoms with Crippen molar-refractivity contribution in [2.24, 2.45) is 0 Å². The van der Waals surface area contributed by atoms with Gasteiger partial charge in [-0.05, 0) is 48.9 Å². The van der Waals surface area contributed by atoms with Gasteiger partial charge in [0.1, 0.15) is 5.82 Å². The molecule has 25 heavy (non-hydrogen) atoms. The van der Waals surface area contributed by atoms with Gasteiger partial charge in [0, 0.05) is 16.3 Å². The number of anilines is 1. The Bertz CT molecular complexity index is 899. The lowest BCUT2D eigenvalue weighted by atomic mass is 10.2. The second-order valence-electron chi connectivity index (χ2n) is 5.18. The number of rotatable bonds is 5. The van der Waals surface area contributed by atoms with E-state index in [1.807, 2.05) is 0 Å².